The van der Waals surface area contributed by atoms with E-state index in [1.54, 1.807) is 0 Å². The highest BCUT2D eigenvalue weighted by atomic mass is 36.1. The van der Waals surface area contributed by atoms with Crippen molar-refractivity contribution in [3.63, 3.8) is 0 Å². The lowest BCUT2D eigenvalue weighted by Gasteiger charge is -2.44. The van der Waals surface area contributed by atoms with E-state index in [1.807, 2.05) is 0 Å². The van der Waals surface area contributed by atoms with Gasteiger partial charge >= 0.3 is 5.47 Å². The van der Waals surface area contributed by atoms with Crippen molar-refractivity contribution < 1.29 is 12.4 Å². The molecule has 0 aromatic rings. The summed E-state index contributed by atoms with van der Waals surface area (Å²) in [4.78, 5) is 0. The first-order valence-electron chi connectivity index (χ1n) is 14.9. The van der Waals surface area contributed by atoms with Gasteiger partial charge < -0.3 is 12.4 Å². The molecular weight excluding hydrogens is 584 g/mol. The third-order valence-electron chi connectivity index (χ3n) is 7.10. The lowest BCUT2D eigenvalue weighted by atomic mass is 10.1. The number of halogens is 4. The molecule has 0 aliphatic heterocycles. The van der Waals surface area contributed by atoms with Crippen molar-refractivity contribution >= 4 is 46.7 Å². The van der Waals surface area contributed by atoms with E-state index in [-0.39, 0.29) is 12.4 Å². The summed E-state index contributed by atoms with van der Waals surface area (Å²) in [5, 5.41) is 0. The minimum Gasteiger partial charge on any atom is -1.00 e. The molecule has 0 rings (SSSR count). The second kappa shape index (κ2) is 25.4. The Bertz CT molecular complexity index is 503. The Morgan fingerprint density at radius 1 is 0.486 bits per heavy atom. The molecule has 0 aliphatic rings. The SMILES string of the molecule is CCCCCCCCN(C)P(=N[P+](Cl)(Cl)Cl)(N(C)CCCCCCCC)N(C)CCCCCCCC.[Cl-]. The van der Waals surface area contributed by atoms with Gasteiger partial charge in [-0.1, -0.05) is 117 Å². The number of nitrogens with zero attached hydrogens (tertiary/aromatic N) is 4. The predicted molar refractivity (Wildman–Crippen MR) is 172 cm³/mol. The summed E-state index contributed by atoms with van der Waals surface area (Å²) >= 11 is 19.6. The maximum atomic E-state index is 6.53. The minimum atomic E-state index is -2.89. The molecular formula is C27H60Cl4N4P2. The molecule has 0 saturated heterocycles. The van der Waals surface area contributed by atoms with Crippen LogP contribution in [0.1, 0.15) is 136 Å². The Morgan fingerprint density at radius 3 is 0.973 bits per heavy atom. The number of rotatable bonds is 25. The van der Waals surface area contributed by atoms with E-state index in [2.05, 4.69) is 55.9 Å². The smallest absolute Gasteiger partial charge is 0.423 e. The Morgan fingerprint density at radius 2 is 0.730 bits per heavy atom. The Balaban J connectivity index is 0. The zero-order valence-corrected chi connectivity index (χ0v) is 29.9. The van der Waals surface area contributed by atoms with E-state index in [9.17, 15) is 0 Å². The van der Waals surface area contributed by atoms with E-state index in [0.29, 0.717) is 0 Å². The number of unbranched alkanes of at least 4 members (excludes halogenated alkanes) is 15. The van der Waals surface area contributed by atoms with Crippen LogP contribution in [0.25, 0.3) is 0 Å². The van der Waals surface area contributed by atoms with Gasteiger partial charge in [0.1, 0.15) is 0 Å². The molecule has 0 saturated carbocycles. The van der Waals surface area contributed by atoms with Gasteiger partial charge in [-0.3, -0.25) is 0 Å². The highest BCUT2D eigenvalue weighted by Crippen LogP contribution is 2.81. The van der Waals surface area contributed by atoms with Crippen LogP contribution < -0.4 is 12.4 Å². The molecule has 37 heavy (non-hydrogen) atoms. The molecule has 10 heteroatoms. The van der Waals surface area contributed by atoms with Gasteiger partial charge in [-0.25, -0.2) is 14.0 Å². The Hall–Kier alpha value is 1.70. The van der Waals surface area contributed by atoms with Crippen LogP contribution in [0.5, 0.6) is 0 Å². The van der Waals surface area contributed by atoms with Crippen molar-refractivity contribution in [1.29, 1.82) is 0 Å². The van der Waals surface area contributed by atoms with Crippen molar-refractivity contribution in [2.24, 2.45) is 4.52 Å². The standard InChI is InChI=1S/C27H60Cl3N4P2.ClH/c1-7-10-13-16-19-22-25-32(4)36(31-35(28,29)30,33(5)26-23-20-17-14-11-8-2)34(6)27-24-21-18-15-12-9-3;/h7-27H2,1-6H3;1H/q+1;/p-1. The molecule has 0 heterocycles. The molecule has 0 aliphatic carbocycles. The monoisotopic (exact) mass is 642 g/mol. The average Bonchev–Trinajstić information content (AvgIpc) is 2.83. The van der Waals surface area contributed by atoms with Crippen molar-refractivity contribution in [2.45, 2.75) is 136 Å². The van der Waals surface area contributed by atoms with Crippen LogP contribution in [0.4, 0.5) is 0 Å². The number of hydrogen-bond donors (Lipinski definition) is 0. The zero-order valence-electron chi connectivity index (χ0n) is 25.0. The summed E-state index contributed by atoms with van der Waals surface area (Å²) in [5.74, 6) is 0. The molecule has 0 fully saturated rings. The molecule has 0 unspecified atom stereocenters. The third kappa shape index (κ3) is 19.5. The molecule has 0 spiro atoms. The van der Waals surface area contributed by atoms with Gasteiger partial charge in [0.2, 0.25) is 7.51 Å². The molecule has 226 valence electrons. The topological polar surface area (TPSA) is 22.1 Å². The van der Waals surface area contributed by atoms with Crippen LogP contribution in [0, 0.1) is 0 Å². The molecule has 4 nitrogen and oxygen atoms in total. The zero-order chi connectivity index (χ0) is 27.3. The third-order valence-corrected chi connectivity index (χ3v) is 14.0. The number of hydrogen-bond acceptors (Lipinski definition) is 1. The summed E-state index contributed by atoms with van der Waals surface area (Å²) < 4.78 is 12.5. The molecule has 0 aromatic carbocycles. The minimum absolute atomic E-state index is 0. The molecule has 0 N–H and O–H groups in total. The van der Waals surface area contributed by atoms with Gasteiger partial charge in [-0.2, -0.15) is 0 Å². The van der Waals surface area contributed by atoms with E-state index >= 15 is 0 Å². The van der Waals surface area contributed by atoms with E-state index in [1.165, 1.54) is 116 Å². The van der Waals surface area contributed by atoms with Crippen LogP contribution in [-0.4, -0.2) is 54.8 Å². The Kier molecular flexibility index (Phi) is 28.0. The van der Waals surface area contributed by atoms with Crippen LogP contribution in [-0.2, 0) is 0 Å². The lowest BCUT2D eigenvalue weighted by molar-refractivity contribution is -0.00000801. The molecule has 0 radical (unpaired) electrons. The van der Waals surface area contributed by atoms with Crippen molar-refractivity contribution in [3.8, 4) is 0 Å². The first-order chi connectivity index (χ1) is 17.2. The van der Waals surface area contributed by atoms with Gasteiger partial charge in [0.25, 0.3) is 0 Å². The fourth-order valence-electron chi connectivity index (χ4n) is 4.89. The Labute approximate surface area is 253 Å². The summed E-state index contributed by atoms with van der Waals surface area (Å²) in [7, 11) is 4.37. The second-order valence-electron chi connectivity index (χ2n) is 10.5. The van der Waals surface area contributed by atoms with E-state index < -0.39 is 13.0 Å². The first kappa shape index (κ1) is 40.8. The average molecular weight is 645 g/mol. The van der Waals surface area contributed by atoms with Crippen LogP contribution >= 0.6 is 46.7 Å². The molecule has 0 atom stereocenters. The molecule has 0 amide bonds. The van der Waals surface area contributed by atoms with Crippen molar-refractivity contribution in [1.82, 2.24) is 14.0 Å². The van der Waals surface area contributed by atoms with E-state index in [0.717, 1.165) is 19.6 Å². The largest absolute Gasteiger partial charge is 1.00 e. The van der Waals surface area contributed by atoms with Crippen molar-refractivity contribution in [2.75, 3.05) is 40.8 Å². The van der Waals surface area contributed by atoms with Crippen LogP contribution in [0.2, 0.25) is 0 Å². The maximum absolute atomic E-state index is 6.53. The van der Waals surface area contributed by atoms with Gasteiger partial charge in [0, 0.05) is 19.6 Å². The fraction of sp³-hybridized carbons (Fsp3) is 1.00. The second-order valence-corrected chi connectivity index (χ2v) is 21.1. The van der Waals surface area contributed by atoms with Crippen LogP contribution in [0.3, 0.4) is 0 Å². The van der Waals surface area contributed by atoms with Crippen molar-refractivity contribution in [3.05, 3.63) is 0 Å². The fourth-order valence-corrected chi connectivity index (χ4v) is 12.9. The van der Waals surface area contributed by atoms with Gasteiger partial charge in [0.15, 0.2) is 33.7 Å². The normalized spacial score (nSPS) is 12.5. The van der Waals surface area contributed by atoms with Crippen LogP contribution in [0.15, 0.2) is 4.52 Å². The predicted octanol–water partition coefficient (Wildman–Crippen LogP) is 9.21. The maximum Gasteiger partial charge on any atom is 0.423 e. The van der Waals surface area contributed by atoms with Gasteiger partial charge in [-0.05, 0) is 44.9 Å². The first-order valence-corrected chi connectivity index (χ1v) is 21.0. The molecule has 0 aromatic heterocycles. The summed E-state index contributed by atoms with van der Waals surface area (Å²) in [5.41, 5.74) is -2.89. The molecule has 0 bridgehead atoms. The highest BCUT2D eigenvalue weighted by molar-refractivity contribution is 8.32. The highest BCUT2D eigenvalue weighted by Gasteiger charge is 2.44. The summed E-state index contributed by atoms with van der Waals surface area (Å²) in [6.45, 7) is 9.80. The van der Waals surface area contributed by atoms with Gasteiger partial charge in [-0.15, -0.1) is 0 Å². The lowest BCUT2D eigenvalue weighted by Crippen LogP contribution is -3.00. The van der Waals surface area contributed by atoms with Gasteiger partial charge in [0.05, 0.1) is 0 Å². The van der Waals surface area contributed by atoms with E-state index in [4.69, 9.17) is 38.2 Å². The summed E-state index contributed by atoms with van der Waals surface area (Å²) in [6, 6.07) is 0. The summed E-state index contributed by atoms with van der Waals surface area (Å²) in [6.07, 6.45) is 23.1. The quantitative estimate of drug-likeness (QED) is 0.0731.